The van der Waals surface area contributed by atoms with Crippen LogP contribution < -0.4 is 5.73 Å². The molecular formula is C9H17N3O2. The molecule has 0 bridgehead atoms. The van der Waals surface area contributed by atoms with Crippen LogP contribution in [0.25, 0.3) is 0 Å². The molecule has 0 fully saturated rings. The highest BCUT2D eigenvalue weighted by Gasteiger charge is 2.19. The van der Waals surface area contributed by atoms with Gasteiger partial charge in [-0.2, -0.15) is 4.98 Å². The predicted molar refractivity (Wildman–Crippen MR) is 51.4 cm³/mol. The van der Waals surface area contributed by atoms with Gasteiger partial charge in [-0.3, -0.25) is 0 Å². The fourth-order valence-electron chi connectivity index (χ4n) is 1.09. The fourth-order valence-corrected chi connectivity index (χ4v) is 1.09. The van der Waals surface area contributed by atoms with Crippen molar-refractivity contribution in [2.75, 3.05) is 7.11 Å². The van der Waals surface area contributed by atoms with Gasteiger partial charge in [0.05, 0.1) is 6.04 Å². The maximum Gasteiger partial charge on any atom is 0.243 e. The zero-order valence-corrected chi connectivity index (χ0v) is 8.86. The molecule has 2 atom stereocenters. The minimum atomic E-state index is -0.182. The van der Waals surface area contributed by atoms with Crippen LogP contribution in [0.5, 0.6) is 0 Å². The third-order valence-electron chi connectivity index (χ3n) is 2.30. The SMILES string of the molecule is CCC(C)C(N)c1nc(COC)no1. The van der Waals surface area contributed by atoms with Crippen molar-refractivity contribution in [2.45, 2.75) is 32.9 Å². The molecule has 2 N–H and O–H groups in total. The van der Waals surface area contributed by atoms with Gasteiger partial charge < -0.3 is 15.0 Å². The molecule has 0 saturated carbocycles. The Labute approximate surface area is 83.6 Å². The second-order valence-electron chi connectivity index (χ2n) is 3.39. The van der Waals surface area contributed by atoms with Gasteiger partial charge in [-0.1, -0.05) is 25.4 Å². The van der Waals surface area contributed by atoms with Crippen LogP contribution in [-0.2, 0) is 11.3 Å². The average Bonchev–Trinajstić information content (AvgIpc) is 2.64. The standard InChI is InChI=1S/C9H17N3O2/c1-4-6(2)8(10)9-11-7(5-13-3)12-14-9/h6,8H,4-5,10H2,1-3H3. The number of aromatic nitrogens is 2. The lowest BCUT2D eigenvalue weighted by Gasteiger charge is -2.12. The van der Waals surface area contributed by atoms with Crippen molar-refractivity contribution in [1.82, 2.24) is 10.1 Å². The molecule has 2 unspecified atom stereocenters. The Morgan fingerprint density at radius 1 is 1.57 bits per heavy atom. The van der Waals surface area contributed by atoms with E-state index in [0.29, 0.717) is 24.2 Å². The molecule has 0 aliphatic carbocycles. The first-order chi connectivity index (χ1) is 6.69. The van der Waals surface area contributed by atoms with Crippen molar-refractivity contribution < 1.29 is 9.26 Å². The van der Waals surface area contributed by atoms with E-state index >= 15 is 0 Å². The van der Waals surface area contributed by atoms with Crippen LogP contribution in [0.2, 0.25) is 0 Å². The molecule has 1 heterocycles. The zero-order chi connectivity index (χ0) is 10.6. The number of rotatable bonds is 5. The number of methoxy groups -OCH3 is 1. The van der Waals surface area contributed by atoms with Gasteiger partial charge in [0.1, 0.15) is 6.61 Å². The van der Waals surface area contributed by atoms with Crippen LogP contribution in [-0.4, -0.2) is 17.3 Å². The summed E-state index contributed by atoms with van der Waals surface area (Å²) in [7, 11) is 1.59. The summed E-state index contributed by atoms with van der Waals surface area (Å²) in [5.41, 5.74) is 5.92. The van der Waals surface area contributed by atoms with Gasteiger partial charge in [-0.15, -0.1) is 0 Å². The van der Waals surface area contributed by atoms with Gasteiger partial charge in [0.15, 0.2) is 5.82 Å². The van der Waals surface area contributed by atoms with Gasteiger partial charge >= 0.3 is 0 Å². The molecule has 5 heteroatoms. The summed E-state index contributed by atoms with van der Waals surface area (Å²) in [6.07, 6.45) is 0.989. The van der Waals surface area contributed by atoms with Gasteiger partial charge in [0.25, 0.3) is 0 Å². The normalized spacial score (nSPS) is 15.4. The van der Waals surface area contributed by atoms with Crippen molar-refractivity contribution in [3.05, 3.63) is 11.7 Å². The van der Waals surface area contributed by atoms with Crippen LogP contribution in [0.4, 0.5) is 0 Å². The lowest BCUT2D eigenvalue weighted by Crippen LogP contribution is -2.18. The van der Waals surface area contributed by atoms with Gasteiger partial charge in [-0.05, 0) is 5.92 Å². The molecule has 0 spiro atoms. The van der Waals surface area contributed by atoms with Gasteiger partial charge in [-0.25, -0.2) is 0 Å². The summed E-state index contributed by atoms with van der Waals surface area (Å²) in [5, 5.41) is 3.75. The molecule has 0 amide bonds. The largest absolute Gasteiger partial charge is 0.377 e. The van der Waals surface area contributed by atoms with Crippen molar-refractivity contribution >= 4 is 0 Å². The highest BCUT2D eigenvalue weighted by molar-refractivity contribution is 4.92. The zero-order valence-electron chi connectivity index (χ0n) is 8.86. The van der Waals surface area contributed by atoms with E-state index in [4.69, 9.17) is 15.0 Å². The van der Waals surface area contributed by atoms with E-state index in [0.717, 1.165) is 6.42 Å². The molecule has 0 aliphatic rings. The lowest BCUT2D eigenvalue weighted by molar-refractivity contribution is 0.174. The molecule has 1 rings (SSSR count). The number of nitrogens with two attached hydrogens (primary N) is 1. The number of nitrogens with zero attached hydrogens (tertiary/aromatic N) is 2. The van der Waals surface area contributed by atoms with E-state index in [-0.39, 0.29) is 6.04 Å². The summed E-state index contributed by atoms with van der Waals surface area (Å²) >= 11 is 0. The van der Waals surface area contributed by atoms with E-state index < -0.39 is 0 Å². The molecule has 14 heavy (non-hydrogen) atoms. The Balaban J connectivity index is 2.65. The maximum atomic E-state index is 5.92. The molecular weight excluding hydrogens is 182 g/mol. The number of hydrogen-bond donors (Lipinski definition) is 1. The Morgan fingerprint density at radius 3 is 2.86 bits per heavy atom. The highest BCUT2D eigenvalue weighted by Crippen LogP contribution is 2.19. The van der Waals surface area contributed by atoms with E-state index in [2.05, 4.69) is 24.0 Å². The first-order valence-electron chi connectivity index (χ1n) is 4.76. The van der Waals surface area contributed by atoms with E-state index in [9.17, 15) is 0 Å². The van der Waals surface area contributed by atoms with Gasteiger partial charge in [0, 0.05) is 7.11 Å². The molecule has 1 aromatic heterocycles. The number of ether oxygens (including phenoxy) is 1. The highest BCUT2D eigenvalue weighted by atomic mass is 16.5. The van der Waals surface area contributed by atoms with Crippen molar-refractivity contribution in [2.24, 2.45) is 11.7 Å². The molecule has 0 aromatic carbocycles. The topological polar surface area (TPSA) is 74.2 Å². The van der Waals surface area contributed by atoms with E-state index in [1.807, 2.05) is 0 Å². The van der Waals surface area contributed by atoms with Crippen LogP contribution in [0.3, 0.4) is 0 Å². The lowest BCUT2D eigenvalue weighted by atomic mass is 10.0. The summed E-state index contributed by atoms with van der Waals surface area (Å²) in [6, 6.07) is -0.182. The molecule has 5 nitrogen and oxygen atoms in total. The Hall–Kier alpha value is -0.940. The Morgan fingerprint density at radius 2 is 2.29 bits per heavy atom. The Bertz CT molecular complexity index is 275. The average molecular weight is 199 g/mol. The van der Waals surface area contributed by atoms with Gasteiger partial charge in [0.2, 0.25) is 5.89 Å². The second-order valence-corrected chi connectivity index (χ2v) is 3.39. The van der Waals surface area contributed by atoms with E-state index in [1.54, 1.807) is 7.11 Å². The van der Waals surface area contributed by atoms with Crippen molar-refractivity contribution in [3.8, 4) is 0 Å². The maximum absolute atomic E-state index is 5.92. The monoisotopic (exact) mass is 199 g/mol. The fraction of sp³-hybridized carbons (Fsp3) is 0.778. The van der Waals surface area contributed by atoms with Crippen LogP contribution in [0.1, 0.15) is 38.0 Å². The predicted octanol–water partition coefficient (Wildman–Crippen LogP) is 1.26. The number of hydrogen-bond acceptors (Lipinski definition) is 5. The van der Waals surface area contributed by atoms with Crippen LogP contribution in [0.15, 0.2) is 4.52 Å². The minimum Gasteiger partial charge on any atom is -0.377 e. The molecule has 0 radical (unpaired) electrons. The summed E-state index contributed by atoms with van der Waals surface area (Å²) in [6.45, 7) is 4.50. The third-order valence-corrected chi connectivity index (χ3v) is 2.30. The van der Waals surface area contributed by atoms with Crippen molar-refractivity contribution in [1.29, 1.82) is 0 Å². The molecule has 0 saturated heterocycles. The van der Waals surface area contributed by atoms with E-state index in [1.165, 1.54) is 0 Å². The molecule has 1 aromatic rings. The quantitative estimate of drug-likeness (QED) is 0.772. The molecule has 80 valence electrons. The van der Waals surface area contributed by atoms with Crippen molar-refractivity contribution in [3.63, 3.8) is 0 Å². The third kappa shape index (κ3) is 2.52. The first kappa shape index (κ1) is 11.1. The molecule has 0 aliphatic heterocycles. The van der Waals surface area contributed by atoms with Crippen LogP contribution >= 0.6 is 0 Å². The smallest absolute Gasteiger partial charge is 0.243 e. The summed E-state index contributed by atoms with van der Waals surface area (Å²) in [4.78, 5) is 4.14. The minimum absolute atomic E-state index is 0.182. The summed E-state index contributed by atoms with van der Waals surface area (Å²) < 4.78 is 9.92. The first-order valence-corrected chi connectivity index (χ1v) is 4.76. The van der Waals surface area contributed by atoms with Crippen LogP contribution in [0, 0.1) is 5.92 Å². The summed E-state index contributed by atoms with van der Waals surface area (Å²) in [5.74, 6) is 1.37. The second kappa shape index (κ2) is 5.07. The Kier molecular flexibility index (Phi) is 4.03.